The Hall–Kier alpha value is -1.28. The van der Waals surface area contributed by atoms with Crippen LogP contribution in [0.15, 0.2) is 18.2 Å². The Morgan fingerprint density at radius 1 is 1.18 bits per heavy atom. The van der Waals surface area contributed by atoms with Gasteiger partial charge in [0.2, 0.25) is 0 Å². The second-order valence-corrected chi connectivity index (χ2v) is 6.12. The minimum absolute atomic E-state index is 0.270. The Kier molecular flexibility index (Phi) is 6.67. The summed E-state index contributed by atoms with van der Waals surface area (Å²) in [5.74, 6) is -0.270. The molecule has 0 heterocycles. The molecule has 126 valence electrons. The van der Waals surface area contributed by atoms with Crippen molar-refractivity contribution >= 4 is 10.1 Å². The van der Waals surface area contributed by atoms with Gasteiger partial charge in [0.1, 0.15) is 5.75 Å². The summed E-state index contributed by atoms with van der Waals surface area (Å²) in [6.07, 6.45) is 1.48. The average molecular weight is 340 g/mol. The molecule has 0 spiro atoms. The summed E-state index contributed by atoms with van der Waals surface area (Å²) in [5, 5.41) is 0. The Morgan fingerprint density at radius 2 is 1.86 bits per heavy atom. The van der Waals surface area contributed by atoms with E-state index in [1.165, 1.54) is 6.07 Å². The van der Waals surface area contributed by atoms with E-state index < -0.39 is 15.6 Å². The smallest absolute Gasteiger partial charge is 0.382 e. The van der Waals surface area contributed by atoms with E-state index in [0.717, 1.165) is 0 Å². The first-order valence-electron chi connectivity index (χ1n) is 6.91. The third-order valence-corrected chi connectivity index (χ3v) is 3.93. The second kappa shape index (κ2) is 7.82. The Labute approximate surface area is 128 Å². The van der Waals surface area contributed by atoms with Gasteiger partial charge in [-0.1, -0.05) is 19.1 Å². The van der Waals surface area contributed by atoms with Gasteiger partial charge < -0.3 is 8.92 Å². The van der Waals surface area contributed by atoms with Crippen LogP contribution < -0.4 is 4.18 Å². The Balaban J connectivity index is 2.99. The van der Waals surface area contributed by atoms with Crippen molar-refractivity contribution in [1.29, 1.82) is 0 Å². The molecule has 1 aromatic rings. The highest BCUT2D eigenvalue weighted by Gasteiger charge is 2.48. The molecule has 0 aliphatic carbocycles. The van der Waals surface area contributed by atoms with Gasteiger partial charge in [0.05, 0.1) is 0 Å². The van der Waals surface area contributed by atoms with Crippen LogP contribution in [0.3, 0.4) is 0 Å². The Morgan fingerprint density at radius 3 is 2.41 bits per heavy atom. The maximum atomic E-state index is 12.5. The van der Waals surface area contributed by atoms with Crippen molar-refractivity contribution < 1.29 is 30.5 Å². The van der Waals surface area contributed by atoms with Crippen LogP contribution in [0.2, 0.25) is 0 Å². The van der Waals surface area contributed by atoms with E-state index in [-0.39, 0.29) is 5.75 Å². The van der Waals surface area contributed by atoms with Crippen LogP contribution in [0.25, 0.3) is 0 Å². The van der Waals surface area contributed by atoms with Gasteiger partial charge in [-0.3, -0.25) is 0 Å². The second-order valence-electron chi connectivity index (χ2n) is 4.58. The van der Waals surface area contributed by atoms with Crippen molar-refractivity contribution in [3.05, 3.63) is 29.3 Å². The summed E-state index contributed by atoms with van der Waals surface area (Å²) in [4.78, 5) is 0. The fraction of sp³-hybridized carbons (Fsp3) is 0.571. The molecule has 4 nitrogen and oxygen atoms in total. The van der Waals surface area contributed by atoms with Gasteiger partial charge in [0.25, 0.3) is 0 Å². The van der Waals surface area contributed by atoms with Crippen LogP contribution >= 0.6 is 0 Å². The van der Waals surface area contributed by atoms with Crippen molar-refractivity contribution in [3.63, 3.8) is 0 Å². The standard InChI is InChI=1S/C14H19F3O4S/c1-3-11-7-8-12(6-5-9-20-4-2)13(10-11)21-22(18,19)14(15,16)17/h7-8,10H,3-6,9H2,1-2H3. The van der Waals surface area contributed by atoms with Gasteiger partial charge in [-0.25, -0.2) is 0 Å². The lowest BCUT2D eigenvalue weighted by atomic mass is 10.0. The van der Waals surface area contributed by atoms with E-state index in [0.29, 0.717) is 43.6 Å². The molecule has 0 atom stereocenters. The molecule has 1 aromatic carbocycles. The first-order valence-corrected chi connectivity index (χ1v) is 8.32. The summed E-state index contributed by atoms with van der Waals surface area (Å²) in [7, 11) is -5.66. The number of aryl methyl sites for hydroxylation is 2. The minimum atomic E-state index is -5.66. The van der Waals surface area contributed by atoms with Crippen LogP contribution in [0.1, 0.15) is 31.4 Å². The lowest BCUT2D eigenvalue weighted by molar-refractivity contribution is -0.0500. The number of ether oxygens (including phenoxy) is 1. The highest BCUT2D eigenvalue weighted by atomic mass is 32.2. The molecule has 0 saturated carbocycles. The monoisotopic (exact) mass is 340 g/mol. The molecule has 22 heavy (non-hydrogen) atoms. The number of hydrogen-bond donors (Lipinski definition) is 0. The molecule has 0 fully saturated rings. The van der Waals surface area contributed by atoms with Crippen molar-refractivity contribution in [3.8, 4) is 5.75 Å². The SMILES string of the molecule is CCOCCCc1ccc(CC)cc1OS(=O)(=O)C(F)(F)F. The molecule has 0 bridgehead atoms. The molecule has 0 N–H and O–H groups in total. The fourth-order valence-corrected chi connectivity index (χ4v) is 2.26. The Bertz CT molecular complexity index is 582. The summed E-state index contributed by atoms with van der Waals surface area (Å²) >= 11 is 0. The molecule has 0 radical (unpaired) electrons. The normalized spacial score (nSPS) is 12.4. The van der Waals surface area contributed by atoms with Gasteiger partial charge in [-0.15, -0.1) is 0 Å². The molecule has 0 amide bonds. The van der Waals surface area contributed by atoms with Crippen molar-refractivity contribution in [2.75, 3.05) is 13.2 Å². The van der Waals surface area contributed by atoms with E-state index in [2.05, 4.69) is 4.18 Å². The average Bonchev–Trinajstić information content (AvgIpc) is 2.43. The lowest BCUT2D eigenvalue weighted by Crippen LogP contribution is -2.28. The quantitative estimate of drug-likeness (QED) is 0.413. The largest absolute Gasteiger partial charge is 0.534 e. The van der Waals surface area contributed by atoms with Crippen LogP contribution in [0.5, 0.6) is 5.75 Å². The van der Waals surface area contributed by atoms with Gasteiger partial charge in [-0.05, 0) is 43.4 Å². The third-order valence-electron chi connectivity index (χ3n) is 2.96. The van der Waals surface area contributed by atoms with Crippen LogP contribution in [0.4, 0.5) is 13.2 Å². The molecule has 1 rings (SSSR count). The predicted molar refractivity (Wildman–Crippen MR) is 76.2 cm³/mol. The van der Waals surface area contributed by atoms with Crippen LogP contribution in [0, 0.1) is 0 Å². The summed E-state index contributed by atoms with van der Waals surface area (Å²) in [5.41, 5.74) is -4.34. The zero-order valence-corrected chi connectivity index (χ0v) is 13.3. The maximum absolute atomic E-state index is 12.5. The predicted octanol–water partition coefficient (Wildman–Crippen LogP) is 3.45. The molecule has 0 saturated heterocycles. The van der Waals surface area contributed by atoms with E-state index in [1.54, 1.807) is 12.1 Å². The number of alkyl halides is 3. The third kappa shape index (κ3) is 5.17. The topological polar surface area (TPSA) is 52.6 Å². The fourth-order valence-electron chi connectivity index (χ4n) is 1.78. The number of halogens is 3. The van der Waals surface area contributed by atoms with Crippen LogP contribution in [-0.4, -0.2) is 27.1 Å². The van der Waals surface area contributed by atoms with Crippen molar-refractivity contribution in [2.45, 2.75) is 38.6 Å². The number of benzene rings is 1. The lowest BCUT2D eigenvalue weighted by Gasteiger charge is -2.14. The number of rotatable bonds is 8. The molecular formula is C14H19F3O4S. The highest BCUT2D eigenvalue weighted by molar-refractivity contribution is 7.88. The molecular weight excluding hydrogens is 321 g/mol. The number of hydrogen-bond acceptors (Lipinski definition) is 4. The van der Waals surface area contributed by atoms with Crippen LogP contribution in [-0.2, 0) is 27.7 Å². The zero-order valence-electron chi connectivity index (χ0n) is 12.4. The highest BCUT2D eigenvalue weighted by Crippen LogP contribution is 2.30. The molecule has 0 aliphatic rings. The molecule has 0 aromatic heterocycles. The van der Waals surface area contributed by atoms with E-state index in [9.17, 15) is 21.6 Å². The summed E-state index contributed by atoms with van der Waals surface area (Å²) in [6, 6.07) is 4.66. The zero-order chi connectivity index (χ0) is 16.8. The van der Waals surface area contributed by atoms with E-state index in [4.69, 9.17) is 4.74 Å². The molecule has 0 unspecified atom stereocenters. The summed E-state index contributed by atoms with van der Waals surface area (Å²) < 4.78 is 69.2. The van der Waals surface area contributed by atoms with Gasteiger partial charge >= 0.3 is 15.6 Å². The molecule has 0 aliphatic heterocycles. The van der Waals surface area contributed by atoms with E-state index in [1.807, 2.05) is 13.8 Å². The maximum Gasteiger partial charge on any atom is 0.534 e. The van der Waals surface area contributed by atoms with Gasteiger partial charge in [0.15, 0.2) is 0 Å². The van der Waals surface area contributed by atoms with Crippen molar-refractivity contribution in [1.82, 2.24) is 0 Å². The first kappa shape index (κ1) is 18.8. The van der Waals surface area contributed by atoms with Gasteiger partial charge in [0, 0.05) is 13.2 Å². The van der Waals surface area contributed by atoms with Crippen molar-refractivity contribution in [2.24, 2.45) is 0 Å². The summed E-state index contributed by atoms with van der Waals surface area (Å²) in [6.45, 7) is 4.63. The minimum Gasteiger partial charge on any atom is -0.382 e. The van der Waals surface area contributed by atoms with Gasteiger partial charge in [-0.2, -0.15) is 21.6 Å². The first-order chi connectivity index (χ1) is 10.2. The van der Waals surface area contributed by atoms with E-state index >= 15 is 0 Å². The molecule has 8 heteroatoms.